The van der Waals surface area contributed by atoms with E-state index in [1.165, 1.54) is 24.3 Å². The van der Waals surface area contributed by atoms with E-state index in [1.54, 1.807) is 0 Å². The highest BCUT2D eigenvalue weighted by molar-refractivity contribution is 5.88. The molecule has 0 amide bonds. The van der Waals surface area contributed by atoms with Crippen molar-refractivity contribution >= 4 is 5.97 Å². The molecule has 0 fully saturated rings. The number of carboxylic acid groups (broad SMARTS) is 1. The van der Waals surface area contributed by atoms with Gasteiger partial charge in [-0.15, -0.1) is 0 Å². The molecule has 0 aliphatic carbocycles. The smallest absolute Gasteiger partial charge is 0.419 e. The lowest BCUT2D eigenvalue weighted by Gasteiger charge is -2.03. The van der Waals surface area contributed by atoms with Gasteiger partial charge in [0.2, 0.25) is 0 Å². The molecule has 0 aliphatic rings. The van der Waals surface area contributed by atoms with Crippen LogP contribution in [0.5, 0.6) is 0 Å². The summed E-state index contributed by atoms with van der Waals surface area (Å²) in [4.78, 5) is 10.7. The van der Waals surface area contributed by atoms with E-state index >= 15 is 0 Å². The van der Waals surface area contributed by atoms with Gasteiger partial charge in [-0.1, -0.05) is 6.07 Å². The molecule has 2 aromatic rings. The second-order valence-electron chi connectivity index (χ2n) is 3.53. The van der Waals surface area contributed by atoms with Gasteiger partial charge < -0.3 is 5.11 Å². The number of carboxylic acids is 1. The predicted molar refractivity (Wildman–Crippen MR) is 55.5 cm³/mol. The molecule has 2 rings (SSSR count). The Morgan fingerprint density at radius 2 is 2.06 bits per heavy atom. The number of halogens is 3. The van der Waals surface area contributed by atoms with Crippen LogP contribution in [0.25, 0.3) is 5.69 Å². The van der Waals surface area contributed by atoms with Gasteiger partial charge in [-0.05, 0) is 18.2 Å². The first kappa shape index (κ1) is 12.2. The Labute approximate surface area is 99.3 Å². The zero-order valence-electron chi connectivity index (χ0n) is 8.85. The highest BCUT2D eigenvalue weighted by Crippen LogP contribution is 2.29. The van der Waals surface area contributed by atoms with Crippen molar-refractivity contribution in [2.75, 3.05) is 0 Å². The summed E-state index contributed by atoms with van der Waals surface area (Å²) in [5.74, 6) is -1.15. The van der Waals surface area contributed by atoms with Crippen molar-refractivity contribution in [3.05, 3.63) is 47.8 Å². The topological polar surface area (TPSA) is 55.1 Å². The molecule has 0 saturated heterocycles. The first-order chi connectivity index (χ1) is 8.38. The molecule has 94 valence electrons. The average molecular weight is 256 g/mol. The summed E-state index contributed by atoms with van der Waals surface area (Å²) >= 11 is 0. The van der Waals surface area contributed by atoms with E-state index in [0.29, 0.717) is 6.20 Å². The van der Waals surface area contributed by atoms with Crippen LogP contribution in [0, 0.1) is 0 Å². The SMILES string of the molecule is O=C(O)c1cccc(-n2cc(C(F)(F)F)cn2)c1. The van der Waals surface area contributed by atoms with E-state index in [0.717, 1.165) is 10.9 Å². The van der Waals surface area contributed by atoms with Crippen LogP contribution in [0.15, 0.2) is 36.7 Å². The Hall–Kier alpha value is -2.31. The van der Waals surface area contributed by atoms with Crippen LogP contribution in [0.3, 0.4) is 0 Å². The normalized spacial score (nSPS) is 11.5. The molecule has 0 bridgehead atoms. The van der Waals surface area contributed by atoms with Crippen LogP contribution < -0.4 is 0 Å². The van der Waals surface area contributed by atoms with Crippen LogP contribution in [0.1, 0.15) is 15.9 Å². The van der Waals surface area contributed by atoms with Gasteiger partial charge in [0.05, 0.1) is 23.0 Å². The Morgan fingerprint density at radius 3 is 2.61 bits per heavy atom. The zero-order chi connectivity index (χ0) is 13.3. The van der Waals surface area contributed by atoms with Gasteiger partial charge in [-0.3, -0.25) is 0 Å². The Morgan fingerprint density at radius 1 is 1.33 bits per heavy atom. The van der Waals surface area contributed by atoms with E-state index in [4.69, 9.17) is 5.11 Å². The van der Waals surface area contributed by atoms with Gasteiger partial charge in [0.1, 0.15) is 0 Å². The lowest BCUT2D eigenvalue weighted by atomic mass is 10.2. The highest BCUT2D eigenvalue weighted by atomic mass is 19.4. The molecular weight excluding hydrogens is 249 g/mol. The molecule has 7 heteroatoms. The molecule has 0 unspecified atom stereocenters. The molecule has 0 atom stereocenters. The van der Waals surface area contributed by atoms with Crippen molar-refractivity contribution in [2.45, 2.75) is 6.18 Å². The number of aromatic carboxylic acids is 1. The standard InChI is InChI=1S/C11H7F3N2O2/c12-11(13,14)8-5-15-16(6-8)9-3-1-2-7(4-9)10(17)18/h1-6H,(H,17,18). The van der Waals surface area contributed by atoms with Crippen LogP contribution >= 0.6 is 0 Å². The lowest BCUT2D eigenvalue weighted by molar-refractivity contribution is -0.137. The molecule has 1 N–H and O–H groups in total. The van der Waals surface area contributed by atoms with E-state index in [-0.39, 0.29) is 11.3 Å². The molecule has 1 heterocycles. The van der Waals surface area contributed by atoms with Gasteiger partial charge >= 0.3 is 12.1 Å². The maximum Gasteiger partial charge on any atom is 0.419 e. The quantitative estimate of drug-likeness (QED) is 0.898. The second-order valence-corrected chi connectivity index (χ2v) is 3.53. The van der Waals surface area contributed by atoms with E-state index < -0.39 is 17.7 Å². The number of hydrogen-bond acceptors (Lipinski definition) is 2. The molecular formula is C11H7F3N2O2. The van der Waals surface area contributed by atoms with Crippen molar-refractivity contribution in [1.82, 2.24) is 9.78 Å². The summed E-state index contributed by atoms with van der Waals surface area (Å²) in [7, 11) is 0. The Balaban J connectivity index is 2.40. The molecule has 4 nitrogen and oxygen atoms in total. The number of carbonyl (C=O) groups is 1. The predicted octanol–water partition coefficient (Wildman–Crippen LogP) is 2.59. The Kier molecular flexibility index (Phi) is 2.82. The first-order valence-corrected chi connectivity index (χ1v) is 4.83. The summed E-state index contributed by atoms with van der Waals surface area (Å²) in [5.41, 5.74) is -0.648. The molecule has 0 spiro atoms. The highest BCUT2D eigenvalue weighted by Gasteiger charge is 2.32. The third-order valence-electron chi connectivity index (χ3n) is 2.27. The van der Waals surface area contributed by atoms with Gasteiger partial charge in [0.25, 0.3) is 0 Å². The fraction of sp³-hybridized carbons (Fsp3) is 0.0909. The fourth-order valence-electron chi connectivity index (χ4n) is 1.39. The molecule has 1 aromatic heterocycles. The van der Waals surface area contributed by atoms with Crippen LogP contribution in [-0.2, 0) is 6.18 Å². The first-order valence-electron chi connectivity index (χ1n) is 4.83. The third-order valence-corrected chi connectivity index (χ3v) is 2.27. The number of nitrogens with zero attached hydrogens (tertiary/aromatic N) is 2. The maximum atomic E-state index is 12.4. The van der Waals surface area contributed by atoms with E-state index in [9.17, 15) is 18.0 Å². The van der Waals surface area contributed by atoms with E-state index in [2.05, 4.69) is 5.10 Å². The van der Waals surface area contributed by atoms with Gasteiger partial charge in [-0.25, -0.2) is 9.48 Å². The van der Waals surface area contributed by atoms with Crippen molar-refractivity contribution in [3.63, 3.8) is 0 Å². The molecule has 0 radical (unpaired) electrons. The van der Waals surface area contributed by atoms with E-state index in [1.807, 2.05) is 0 Å². The van der Waals surface area contributed by atoms with Gasteiger partial charge in [-0.2, -0.15) is 18.3 Å². The van der Waals surface area contributed by atoms with Crippen molar-refractivity contribution in [1.29, 1.82) is 0 Å². The second kappa shape index (κ2) is 4.17. The van der Waals surface area contributed by atoms with Crippen LogP contribution in [-0.4, -0.2) is 20.9 Å². The maximum absolute atomic E-state index is 12.4. The van der Waals surface area contributed by atoms with Gasteiger partial charge in [0, 0.05) is 6.20 Å². The Bertz CT molecular complexity index is 590. The minimum absolute atomic E-state index is 0.0171. The number of hydrogen-bond donors (Lipinski definition) is 1. The number of aromatic nitrogens is 2. The van der Waals surface area contributed by atoms with Crippen molar-refractivity contribution in [2.24, 2.45) is 0 Å². The summed E-state index contributed by atoms with van der Waals surface area (Å²) < 4.78 is 38.1. The summed E-state index contributed by atoms with van der Waals surface area (Å²) in [6, 6.07) is 5.50. The zero-order valence-corrected chi connectivity index (χ0v) is 8.85. The van der Waals surface area contributed by atoms with Crippen molar-refractivity contribution < 1.29 is 23.1 Å². The molecule has 0 aliphatic heterocycles. The minimum atomic E-state index is -4.47. The largest absolute Gasteiger partial charge is 0.478 e. The van der Waals surface area contributed by atoms with Gasteiger partial charge in [0.15, 0.2) is 0 Å². The fourth-order valence-corrected chi connectivity index (χ4v) is 1.39. The number of rotatable bonds is 2. The number of benzene rings is 1. The van der Waals surface area contributed by atoms with Crippen LogP contribution in [0.2, 0.25) is 0 Å². The molecule has 0 saturated carbocycles. The average Bonchev–Trinajstić information content (AvgIpc) is 2.78. The lowest BCUT2D eigenvalue weighted by Crippen LogP contribution is -2.03. The van der Waals surface area contributed by atoms with Crippen LogP contribution in [0.4, 0.5) is 13.2 Å². The summed E-state index contributed by atoms with van der Waals surface area (Å²) in [6.45, 7) is 0. The monoisotopic (exact) mass is 256 g/mol. The minimum Gasteiger partial charge on any atom is -0.478 e. The summed E-state index contributed by atoms with van der Waals surface area (Å²) in [5, 5.41) is 12.3. The van der Waals surface area contributed by atoms with Crippen molar-refractivity contribution in [3.8, 4) is 5.69 Å². The molecule has 18 heavy (non-hydrogen) atoms. The third kappa shape index (κ3) is 2.34. The number of alkyl halides is 3. The molecule has 1 aromatic carbocycles. The summed E-state index contributed by atoms with van der Waals surface area (Å²) in [6.07, 6.45) is -2.98.